The number of benzene rings is 2. The Morgan fingerprint density at radius 3 is 1.58 bits per heavy atom. The molecule has 0 aliphatic carbocycles. The van der Waals surface area contributed by atoms with Crippen LogP contribution in [0.2, 0.25) is 0 Å². The molecule has 0 radical (unpaired) electrons. The van der Waals surface area contributed by atoms with Crippen LogP contribution < -0.4 is 0 Å². The Balaban J connectivity index is 0.000000613. The first-order valence-corrected chi connectivity index (χ1v) is 12.7. The summed E-state index contributed by atoms with van der Waals surface area (Å²) in [6, 6.07) is 16.2. The number of hydrogen-bond donors (Lipinski definition) is 0. The molecule has 0 spiro atoms. The monoisotopic (exact) mass is 522 g/mol. The van der Waals surface area contributed by atoms with E-state index in [1.54, 1.807) is 7.11 Å². The van der Waals surface area contributed by atoms with Crippen LogP contribution in [-0.2, 0) is 29.7 Å². The van der Waals surface area contributed by atoms with E-state index in [1.807, 2.05) is 50.5 Å². The summed E-state index contributed by atoms with van der Waals surface area (Å²) in [5, 5.41) is 0. The fourth-order valence-corrected chi connectivity index (χ4v) is 3.12. The van der Waals surface area contributed by atoms with Crippen molar-refractivity contribution < 1.29 is 15.6 Å². The summed E-state index contributed by atoms with van der Waals surface area (Å²) in [6.45, 7) is 0. The summed E-state index contributed by atoms with van der Waals surface area (Å²) in [5.41, 5.74) is 4.10. The Morgan fingerprint density at radius 2 is 1.23 bits per heavy atom. The number of ether oxygens (including phenoxy) is 1. The number of aryl methyl sites for hydroxylation is 2. The number of imidazole rings is 2. The number of rotatable bonds is 3. The average molecular weight is 525 g/mol. The van der Waals surface area contributed by atoms with Crippen molar-refractivity contribution in [3.8, 4) is 0 Å². The van der Waals surface area contributed by atoms with Crippen LogP contribution in [-0.4, -0.2) is 26.2 Å². The van der Waals surface area contributed by atoms with E-state index in [-0.39, 0.29) is 6.10 Å². The van der Waals surface area contributed by atoms with E-state index in [0.29, 0.717) is 0 Å². The van der Waals surface area contributed by atoms with Crippen molar-refractivity contribution in [3.05, 3.63) is 60.2 Å². The van der Waals surface area contributed by atoms with E-state index in [0.717, 1.165) is 33.7 Å². The fraction of sp³-hybridized carbons (Fsp3) is 0.222. The number of fused-ring (bicyclic) bond motifs is 2. The first-order chi connectivity index (χ1) is 12.6. The predicted molar refractivity (Wildman–Crippen MR) is 108 cm³/mol. The molecule has 4 rings (SSSR count). The first kappa shape index (κ1) is 19.6. The van der Waals surface area contributed by atoms with Gasteiger partial charge in [0.1, 0.15) is 11.6 Å². The van der Waals surface area contributed by atoms with Crippen molar-refractivity contribution in [1.82, 2.24) is 19.1 Å². The Labute approximate surface area is 172 Å². The van der Waals surface area contributed by atoms with Gasteiger partial charge in [-0.3, -0.25) is 0 Å². The maximum atomic E-state index is 5.78. The van der Waals surface area contributed by atoms with Gasteiger partial charge in [-0.2, -0.15) is 0 Å². The van der Waals surface area contributed by atoms with Gasteiger partial charge in [0.25, 0.3) is 0 Å². The molecule has 0 unspecified atom stereocenters. The van der Waals surface area contributed by atoms with Gasteiger partial charge >= 0.3 is 39.3 Å². The van der Waals surface area contributed by atoms with Crippen molar-refractivity contribution in [2.75, 3.05) is 7.11 Å². The standard InChI is InChI=1S/C18H18N4O.2BrH.Ni/c1-21-14-10-6-4-8-12(14)19-17(21)16(23-3)18-20-13-9-5-7-11-15(13)22(18)2;;;/h4-11,16H,1-3H3;2*1H;/q;;;+2/p-2. The second kappa shape index (κ2) is 8.65. The van der Waals surface area contributed by atoms with Crippen molar-refractivity contribution in [2.24, 2.45) is 14.1 Å². The number of hydrogen-bond acceptors (Lipinski definition) is 3. The van der Waals surface area contributed by atoms with Crippen LogP contribution in [0.5, 0.6) is 0 Å². The van der Waals surface area contributed by atoms with E-state index in [4.69, 9.17) is 14.7 Å². The van der Waals surface area contributed by atoms with E-state index in [1.165, 1.54) is 10.9 Å². The van der Waals surface area contributed by atoms with E-state index in [9.17, 15) is 0 Å². The average Bonchev–Trinajstić information content (AvgIpc) is 3.16. The van der Waals surface area contributed by atoms with Crippen molar-refractivity contribution in [2.45, 2.75) is 6.10 Å². The number of halogens is 2. The van der Waals surface area contributed by atoms with Gasteiger partial charge in [0.2, 0.25) is 0 Å². The molecule has 0 saturated heterocycles. The summed E-state index contributed by atoms with van der Waals surface area (Å²) in [7, 11) is 6.97. The number of para-hydroxylation sites is 4. The Hall–Kier alpha value is -1.21. The number of nitrogens with zero attached hydrogens (tertiary/aromatic N) is 4. The molecule has 0 aliphatic rings. The Bertz CT molecular complexity index is 951. The second-order valence-electron chi connectivity index (χ2n) is 5.70. The molecule has 8 heteroatoms. The molecule has 2 aromatic heterocycles. The molecule has 0 N–H and O–H groups in total. The SMILES string of the molecule is COC(c1nc2ccccc2n1C)c1nc2ccccc2n1C.[Br][Ni][Br]. The molecule has 0 atom stereocenters. The molecule has 0 saturated carbocycles. The van der Waals surface area contributed by atoms with Crippen LogP contribution >= 0.6 is 28.5 Å². The minimum atomic E-state index is -0.315. The molecule has 0 aliphatic heterocycles. The second-order valence-corrected chi connectivity index (χ2v) is 10.7. The molecule has 2 heterocycles. The van der Waals surface area contributed by atoms with E-state index in [2.05, 4.69) is 49.7 Å². The van der Waals surface area contributed by atoms with E-state index < -0.39 is 0 Å². The molecule has 140 valence electrons. The van der Waals surface area contributed by atoms with Crippen LogP contribution in [0.1, 0.15) is 17.8 Å². The van der Waals surface area contributed by atoms with Gasteiger partial charge in [0, 0.05) is 21.2 Å². The van der Waals surface area contributed by atoms with E-state index >= 15 is 0 Å². The normalized spacial score (nSPS) is 11.3. The van der Waals surface area contributed by atoms with Crippen molar-refractivity contribution >= 4 is 50.5 Å². The summed E-state index contributed by atoms with van der Waals surface area (Å²) in [6.07, 6.45) is -0.315. The van der Waals surface area contributed by atoms with Gasteiger partial charge < -0.3 is 13.9 Å². The maximum absolute atomic E-state index is 5.78. The summed E-state index contributed by atoms with van der Waals surface area (Å²) < 4.78 is 9.92. The van der Waals surface area contributed by atoms with Crippen LogP contribution in [0.25, 0.3) is 22.1 Å². The summed E-state index contributed by atoms with van der Waals surface area (Å²) >= 11 is 6.00. The van der Waals surface area contributed by atoms with Crippen LogP contribution in [0.4, 0.5) is 0 Å². The van der Waals surface area contributed by atoms with Crippen LogP contribution in [0.15, 0.2) is 48.5 Å². The Morgan fingerprint density at radius 1 is 0.846 bits per heavy atom. The van der Waals surface area contributed by atoms with Crippen LogP contribution in [0.3, 0.4) is 0 Å². The quantitative estimate of drug-likeness (QED) is 0.359. The molecule has 4 aromatic rings. The van der Waals surface area contributed by atoms with Gasteiger partial charge in [0.05, 0.1) is 22.1 Å². The van der Waals surface area contributed by atoms with Crippen LogP contribution in [0, 0.1) is 0 Å². The van der Waals surface area contributed by atoms with Gasteiger partial charge in [-0.25, -0.2) is 9.97 Å². The predicted octanol–water partition coefficient (Wildman–Crippen LogP) is 4.88. The third-order valence-electron chi connectivity index (χ3n) is 4.35. The topological polar surface area (TPSA) is 44.9 Å². The summed E-state index contributed by atoms with van der Waals surface area (Å²) in [5.74, 6) is 1.71. The van der Waals surface area contributed by atoms with Gasteiger partial charge in [-0.05, 0) is 24.3 Å². The molecule has 26 heavy (non-hydrogen) atoms. The molecule has 0 fully saturated rings. The molecule has 5 nitrogen and oxygen atoms in total. The third-order valence-corrected chi connectivity index (χ3v) is 4.35. The zero-order chi connectivity index (χ0) is 18.7. The van der Waals surface area contributed by atoms with Gasteiger partial charge in [-0.15, -0.1) is 0 Å². The zero-order valence-electron chi connectivity index (χ0n) is 14.5. The third kappa shape index (κ3) is 3.61. The first-order valence-electron chi connectivity index (χ1n) is 7.80. The fourth-order valence-electron chi connectivity index (χ4n) is 3.12. The van der Waals surface area contributed by atoms with Gasteiger partial charge in [0.15, 0.2) is 6.10 Å². The van der Waals surface area contributed by atoms with Crippen molar-refractivity contribution in [3.63, 3.8) is 0 Å². The number of aromatic nitrogens is 4. The van der Waals surface area contributed by atoms with Gasteiger partial charge in [-0.1, -0.05) is 24.3 Å². The molecule has 0 bridgehead atoms. The Kier molecular flexibility index (Phi) is 6.51. The zero-order valence-corrected chi connectivity index (χ0v) is 18.6. The molecular weight excluding hydrogens is 507 g/mol. The summed E-state index contributed by atoms with van der Waals surface area (Å²) in [4.78, 5) is 9.51. The van der Waals surface area contributed by atoms with Crippen molar-refractivity contribution in [1.29, 1.82) is 0 Å². The number of methoxy groups -OCH3 is 1. The molecule has 2 aromatic carbocycles. The minimum absolute atomic E-state index is 0.315. The molecular formula is C18H18Br2N4NiO. The molecule has 0 amide bonds.